The summed E-state index contributed by atoms with van der Waals surface area (Å²) in [6.07, 6.45) is -0.178. The number of carbonyl (C=O) groups is 1. The average molecular weight is 463 g/mol. The zero-order valence-electron chi connectivity index (χ0n) is 15.3. The molecule has 1 N–H and O–H groups in total. The lowest BCUT2D eigenvalue weighted by atomic mass is 9.75. The van der Waals surface area contributed by atoms with Gasteiger partial charge in [0.15, 0.2) is 5.17 Å². The summed E-state index contributed by atoms with van der Waals surface area (Å²) in [5.41, 5.74) is -1.27. The molecule has 2 aliphatic heterocycles. The van der Waals surface area contributed by atoms with Crippen LogP contribution in [0.2, 0.25) is 0 Å². The summed E-state index contributed by atoms with van der Waals surface area (Å²) in [5.74, 6) is -0.831. The van der Waals surface area contributed by atoms with Gasteiger partial charge in [-0.05, 0) is 42.8 Å². The number of fused-ring (bicyclic) bond motifs is 1. The Morgan fingerprint density at radius 2 is 2.15 bits per heavy atom. The number of carbonyl (C=O) groups excluding carboxylic acids is 1. The van der Waals surface area contributed by atoms with Gasteiger partial charge in [0, 0.05) is 36.3 Å². The van der Waals surface area contributed by atoms with Crippen LogP contribution in [0.25, 0.3) is 0 Å². The SMILES string of the molecule is CC(C)(C)OC(=O)NC1=NC2(c3cc(Br)c(F)cc3F)CCOCC2CS1. The van der Waals surface area contributed by atoms with Crippen molar-refractivity contribution in [2.24, 2.45) is 10.9 Å². The summed E-state index contributed by atoms with van der Waals surface area (Å²) in [7, 11) is 0. The van der Waals surface area contributed by atoms with Crippen molar-refractivity contribution in [3.63, 3.8) is 0 Å². The van der Waals surface area contributed by atoms with Gasteiger partial charge in [0.25, 0.3) is 0 Å². The normalized spacial score (nSPS) is 25.4. The van der Waals surface area contributed by atoms with E-state index in [4.69, 9.17) is 14.5 Å². The number of amidine groups is 1. The molecular weight excluding hydrogens is 442 g/mol. The summed E-state index contributed by atoms with van der Waals surface area (Å²) < 4.78 is 39.4. The molecule has 3 rings (SSSR count). The molecule has 9 heteroatoms. The summed E-state index contributed by atoms with van der Waals surface area (Å²) in [4.78, 5) is 16.8. The van der Waals surface area contributed by atoms with Gasteiger partial charge >= 0.3 is 6.09 Å². The van der Waals surface area contributed by atoms with Gasteiger partial charge in [0.05, 0.1) is 16.6 Å². The number of alkyl carbamates (subject to hydrolysis) is 1. The van der Waals surface area contributed by atoms with E-state index in [0.717, 1.165) is 6.07 Å². The van der Waals surface area contributed by atoms with Crippen LogP contribution in [0.3, 0.4) is 0 Å². The molecule has 2 aliphatic rings. The molecule has 1 aromatic carbocycles. The fourth-order valence-corrected chi connectivity index (χ4v) is 4.70. The van der Waals surface area contributed by atoms with Gasteiger partial charge in [-0.15, -0.1) is 0 Å². The van der Waals surface area contributed by atoms with Gasteiger partial charge in [0.1, 0.15) is 17.2 Å². The van der Waals surface area contributed by atoms with Crippen molar-refractivity contribution in [3.05, 3.63) is 33.8 Å². The maximum absolute atomic E-state index is 14.7. The fraction of sp³-hybridized carbons (Fsp3) is 0.556. The van der Waals surface area contributed by atoms with Crippen LogP contribution in [0.5, 0.6) is 0 Å². The lowest BCUT2D eigenvalue weighted by Crippen LogP contribution is -2.48. The Hall–Kier alpha value is -1.19. The Labute approximate surface area is 169 Å². The molecule has 1 aromatic rings. The lowest BCUT2D eigenvalue weighted by Gasteiger charge is -2.44. The first-order chi connectivity index (χ1) is 12.6. The standard InChI is InChI=1S/C18H21BrF2N2O3S/c1-17(2,3)26-16(24)22-15-23-18(4-5-25-8-10(18)9-27-15)11-6-12(19)14(21)7-13(11)20/h6-7,10H,4-5,8-9H2,1-3H3,(H,22,23,24). The van der Waals surface area contributed by atoms with Crippen LogP contribution in [-0.2, 0) is 15.0 Å². The molecule has 0 saturated carbocycles. The molecule has 0 bridgehead atoms. The third-order valence-corrected chi connectivity index (χ3v) is 6.07. The van der Waals surface area contributed by atoms with Gasteiger partial charge in [-0.25, -0.2) is 13.6 Å². The zero-order valence-corrected chi connectivity index (χ0v) is 17.7. The third kappa shape index (κ3) is 4.46. The number of hydrogen-bond acceptors (Lipinski definition) is 5. The molecule has 1 saturated heterocycles. The molecule has 0 radical (unpaired) electrons. The first kappa shape index (κ1) is 20.5. The Morgan fingerprint density at radius 1 is 1.41 bits per heavy atom. The van der Waals surface area contributed by atoms with Gasteiger partial charge < -0.3 is 9.47 Å². The van der Waals surface area contributed by atoms with E-state index in [9.17, 15) is 13.6 Å². The quantitative estimate of drug-likeness (QED) is 0.620. The highest BCUT2D eigenvalue weighted by atomic mass is 79.9. The van der Waals surface area contributed by atoms with Gasteiger partial charge in [-0.2, -0.15) is 0 Å². The van der Waals surface area contributed by atoms with Crippen molar-refractivity contribution in [2.75, 3.05) is 19.0 Å². The summed E-state index contributed by atoms with van der Waals surface area (Å²) in [5, 5.41) is 3.01. The molecule has 5 nitrogen and oxygen atoms in total. The first-order valence-corrected chi connectivity index (χ1v) is 10.3. The molecule has 1 amide bonds. The van der Waals surface area contributed by atoms with Gasteiger partial charge in [-0.3, -0.25) is 10.3 Å². The lowest BCUT2D eigenvalue weighted by molar-refractivity contribution is 0.00861. The molecular formula is C18H21BrF2N2O3S. The number of aliphatic imine (C=N–C) groups is 1. The molecule has 0 spiro atoms. The van der Waals surface area contributed by atoms with Gasteiger partial charge in [0.2, 0.25) is 0 Å². The number of halogens is 3. The van der Waals surface area contributed by atoms with E-state index >= 15 is 0 Å². The maximum Gasteiger partial charge on any atom is 0.413 e. The van der Waals surface area contributed by atoms with E-state index in [2.05, 4.69) is 21.2 Å². The van der Waals surface area contributed by atoms with E-state index in [1.54, 1.807) is 20.8 Å². The molecule has 2 unspecified atom stereocenters. The summed E-state index contributed by atoms with van der Waals surface area (Å²) in [6.45, 7) is 6.13. The highest BCUT2D eigenvalue weighted by Gasteiger charge is 2.47. The number of rotatable bonds is 1. The highest BCUT2D eigenvalue weighted by molar-refractivity contribution is 9.10. The van der Waals surface area contributed by atoms with Crippen molar-refractivity contribution >= 4 is 39.0 Å². The molecule has 2 atom stereocenters. The monoisotopic (exact) mass is 462 g/mol. The minimum absolute atomic E-state index is 0.0905. The Kier molecular flexibility index (Phi) is 5.84. The number of nitrogens with zero attached hydrogens (tertiary/aromatic N) is 1. The second kappa shape index (κ2) is 7.67. The van der Waals surface area contributed by atoms with Crippen molar-refractivity contribution in [2.45, 2.75) is 38.3 Å². The van der Waals surface area contributed by atoms with Crippen molar-refractivity contribution in [1.82, 2.24) is 5.32 Å². The molecule has 148 valence electrons. The van der Waals surface area contributed by atoms with E-state index < -0.39 is 28.9 Å². The van der Waals surface area contributed by atoms with Crippen LogP contribution >= 0.6 is 27.7 Å². The topological polar surface area (TPSA) is 59.9 Å². The second-order valence-corrected chi connectivity index (χ2v) is 9.41. The molecule has 1 fully saturated rings. The maximum atomic E-state index is 14.7. The van der Waals surface area contributed by atoms with Crippen LogP contribution in [0.15, 0.2) is 21.6 Å². The smallest absolute Gasteiger partial charge is 0.413 e. The van der Waals surface area contributed by atoms with Crippen LogP contribution in [-0.4, -0.2) is 35.8 Å². The summed E-state index contributed by atoms with van der Waals surface area (Å²) in [6, 6.07) is 2.30. The Morgan fingerprint density at radius 3 is 2.85 bits per heavy atom. The third-order valence-electron chi connectivity index (χ3n) is 4.43. The van der Waals surface area contributed by atoms with Crippen LogP contribution in [0, 0.1) is 17.6 Å². The molecule has 0 aromatic heterocycles. The second-order valence-electron chi connectivity index (χ2n) is 7.55. The first-order valence-electron chi connectivity index (χ1n) is 8.56. The Bertz CT molecular complexity index is 785. The van der Waals surface area contributed by atoms with E-state index in [-0.39, 0.29) is 10.4 Å². The van der Waals surface area contributed by atoms with Crippen LogP contribution < -0.4 is 5.32 Å². The van der Waals surface area contributed by atoms with E-state index in [0.29, 0.717) is 36.1 Å². The van der Waals surface area contributed by atoms with Crippen LogP contribution in [0.1, 0.15) is 32.8 Å². The molecule has 2 heterocycles. The predicted molar refractivity (Wildman–Crippen MR) is 104 cm³/mol. The number of hydrogen-bond donors (Lipinski definition) is 1. The average Bonchev–Trinajstić information content (AvgIpc) is 2.56. The molecule has 0 aliphatic carbocycles. The number of benzene rings is 1. The number of amides is 1. The zero-order chi connectivity index (χ0) is 19.8. The largest absolute Gasteiger partial charge is 0.444 e. The van der Waals surface area contributed by atoms with Gasteiger partial charge in [-0.1, -0.05) is 11.8 Å². The summed E-state index contributed by atoms with van der Waals surface area (Å²) >= 11 is 4.49. The van der Waals surface area contributed by atoms with Crippen molar-refractivity contribution in [3.8, 4) is 0 Å². The van der Waals surface area contributed by atoms with E-state index in [1.165, 1.54) is 17.8 Å². The Balaban J connectivity index is 1.98. The van der Waals surface area contributed by atoms with Crippen LogP contribution in [0.4, 0.5) is 13.6 Å². The number of ether oxygens (including phenoxy) is 2. The fourth-order valence-electron chi connectivity index (χ4n) is 3.25. The molecule has 27 heavy (non-hydrogen) atoms. The van der Waals surface area contributed by atoms with Crippen molar-refractivity contribution in [1.29, 1.82) is 0 Å². The minimum atomic E-state index is -0.922. The van der Waals surface area contributed by atoms with E-state index in [1.807, 2.05) is 0 Å². The van der Waals surface area contributed by atoms with Crippen molar-refractivity contribution < 1.29 is 23.0 Å². The number of nitrogens with one attached hydrogen (secondary N) is 1. The predicted octanol–water partition coefficient (Wildman–Crippen LogP) is 4.59. The minimum Gasteiger partial charge on any atom is -0.444 e. The highest BCUT2D eigenvalue weighted by Crippen LogP contribution is 2.47. The number of thioether (sulfide) groups is 1.